The molecule has 7 nitrogen and oxygen atoms in total. The number of amides is 2. The first-order chi connectivity index (χ1) is 11.9. The minimum absolute atomic E-state index is 0.0581. The van der Waals surface area contributed by atoms with Gasteiger partial charge in [0.2, 0.25) is 5.91 Å². The smallest absolute Gasteiger partial charge is 0.341 e. The van der Waals surface area contributed by atoms with Gasteiger partial charge in [-0.1, -0.05) is 13.0 Å². The van der Waals surface area contributed by atoms with E-state index in [9.17, 15) is 14.4 Å². The molecule has 2 unspecified atom stereocenters. The number of nitrogens with one attached hydrogen (secondary N) is 1. The maximum Gasteiger partial charge on any atom is 0.341 e. The Morgan fingerprint density at radius 2 is 2.20 bits per heavy atom. The fraction of sp³-hybridized carbons (Fsp3) is 0.471. The zero-order valence-electron chi connectivity index (χ0n) is 14.2. The van der Waals surface area contributed by atoms with Crippen LogP contribution in [0.15, 0.2) is 24.3 Å². The molecule has 2 N–H and O–H groups in total. The summed E-state index contributed by atoms with van der Waals surface area (Å²) in [7, 11) is 0. The van der Waals surface area contributed by atoms with Crippen molar-refractivity contribution in [3.8, 4) is 5.75 Å². The first-order valence-electron chi connectivity index (χ1n) is 8.06. The Hall–Kier alpha value is -2.22. The van der Waals surface area contributed by atoms with E-state index in [0.717, 1.165) is 6.42 Å². The Labute approximate surface area is 150 Å². The third kappa shape index (κ3) is 5.12. The number of ether oxygens (including phenoxy) is 1. The lowest BCUT2D eigenvalue weighted by Crippen LogP contribution is -2.49. The van der Waals surface area contributed by atoms with Crippen LogP contribution >= 0.6 is 11.8 Å². The summed E-state index contributed by atoms with van der Waals surface area (Å²) >= 11 is 1.53. The SMILES string of the molecule is CCC(C)NC(=O)C1CSCN1C(=O)c1cccc(OCC(=O)O)c1. The highest BCUT2D eigenvalue weighted by Gasteiger charge is 2.35. The Morgan fingerprint density at radius 3 is 2.88 bits per heavy atom. The van der Waals surface area contributed by atoms with E-state index in [2.05, 4.69) is 5.32 Å². The molecule has 2 rings (SSSR count). The van der Waals surface area contributed by atoms with Crippen LogP contribution in [0.4, 0.5) is 0 Å². The van der Waals surface area contributed by atoms with Gasteiger partial charge in [-0.05, 0) is 31.5 Å². The van der Waals surface area contributed by atoms with E-state index in [1.54, 1.807) is 23.1 Å². The van der Waals surface area contributed by atoms with Crippen molar-refractivity contribution in [2.75, 3.05) is 18.2 Å². The second-order valence-electron chi connectivity index (χ2n) is 5.82. The number of carbonyl (C=O) groups is 3. The molecule has 136 valence electrons. The molecule has 0 aliphatic carbocycles. The van der Waals surface area contributed by atoms with Crippen LogP contribution in [0.25, 0.3) is 0 Å². The van der Waals surface area contributed by atoms with Crippen LogP contribution in [0.1, 0.15) is 30.6 Å². The standard InChI is InChI=1S/C17H22N2O5S/c1-3-11(2)18-16(22)14-9-25-10-19(14)17(23)12-5-4-6-13(7-12)24-8-15(20)21/h4-7,11,14H,3,8-10H2,1-2H3,(H,18,22)(H,20,21). The summed E-state index contributed by atoms with van der Waals surface area (Å²) in [6.07, 6.45) is 0.822. The van der Waals surface area contributed by atoms with Crippen molar-refractivity contribution in [2.24, 2.45) is 0 Å². The molecule has 1 aliphatic rings. The number of carboxylic acids is 1. The van der Waals surface area contributed by atoms with Crippen LogP contribution in [0.5, 0.6) is 5.75 Å². The van der Waals surface area contributed by atoms with Gasteiger partial charge >= 0.3 is 5.97 Å². The molecule has 1 aliphatic heterocycles. The molecule has 0 aromatic heterocycles. The molecular weight excluding hydrogens is 344 g/mol. The molecular formula is C17H22N2O5S. The van der Waals surface area contributed by atoms with Crippen molar-refractivity contribution in [3.63, 3.8) is 0 Å². The summed E-state index contributed by atoms with van der Waals surface area (Å²) in [5.41, 5.74) is 0.367. The molecule has 0 bridgehead atoms. The van der Waals surface area contributed by atoms with Crippen LogP contribution in [0.3, 0.4) is 0 Å². The number of hydrogen-bond donors (Lipinski definition) is 2. The minimum Gasteiger partial charge on any atom is -0.482 e. The number of nitrogens with zero attached hydrogens (tertiary/aromatic N) is 1. The highest BCUT2D eigenvalue weighted by molar-refractivity contribution is 7.99. The maximum atomic E-state index is 12.8. The highest BCUT2D eigenvalue weighted by Crippen LogP contribution is 2.25. The van der Waals surface area contributed by atoms with E-state index in [-0.39, 0.29) is 17.9 Å². The average Bonchev–Trinajstić information content (AvgIpc) is 3.09. The van der Waals surface area contributed by atoms with Crippen molar-refractivity contribution in [3.05, 3.63) is 29.8 Å². The fourth-order valence-corrected chi connectivity index (χ4v) is 3.48. The van der Waals surface area contributed by atoms with Crippen LogP contribution in [-0.2, 0) is 9.59 Å². The molecule has 2 amide bonds. The third-order valence-corrected chi connectivity index (χ3v) is 4.90. The number of aliphatic carboxylic acids is 1. The quantitative estimate of drug-likeness (QED) is 0.761. The van der Waals surface area contributed by atoms with E-state index in [4.69, 9.17) is 9.84 Å². The lowest BCUT2D eigenvalue weighted by molar-refractivity contribution is -0.139. The van der Waals surface area contributed by atoms with E-state index < -0.39 is 18.6 Å². The van der Waals surface area contributed by atoms with Gasteiger partial charge in [0.15, 0.2) is 6.61 Å². The summed E-state index contributed by atoms with van der Waals surface area (Å²) in [5.74, 6) is -0.197. The number of rotatable bonds is 7. The number of hydrogen-bond acceptors (Lipinski definition) is 5. The van der Waals surface area contributed by atoms with E-state index in [1.807, 2.05) is 13.8 Å². The Morgan fingerprint density at radius 1 is 1.44 bits per heavy atom. The van der Waals surface area contributed by atoms with Crippen molar-refractivity contribution < 1.29 is 24.2 Å². The molecule has 2 atom stereocenters. The second kappa shape index (κ2) is 8.75. The topological polar surface area (TPSA) is 95.9 Å². The van der Waals surface area contributed by atoms with Gasteiger partial charge in [0.05, 0.1) is 5.88 Å². The van der Waals surface area contributed by atoms with E-state index in [1.165, 1.54) is 17.8 Å². The zero-order chi connectivity index (χ0) is 18.4. The van der Waals surface area contributed by atoms with E-state index in [0.29, 0.717) is 22.9 Å². The van der Waals surface area contributed by atoms with E-state index >= 15 is 0 Å². The lowest BCUT2D eigenvalue weighted by atomic mass is 10.1. The Bertz CT molecular complexity index is 652. The molecule has 1 fully saturated rings. The third-order valence-electron chi connectivity index (χ3n) is 3.89. The molecule has 0 spiro atoms. The molecule has 1 aromatic carbocycles. The van der Waals surface area contributed by atoms with Crippen molar-refractivity contribution in [2.45, 2.75) is 32.4 Å². The first kappa shape index (κ1) is 19.1. The summed E-state index contributed by atoms with van der Waals surface area (Å²) in [5, 5.41) is 11.6. The zero-order valence-corrected chi connectivity index (χ0v) is 15.0. The van der Waals surface area contributed by atoms with Crippen LogP contribution < -0.4 is 10.1 Å². The predicted octanol–water partition coefficient (Wildman–Crippen LogP) is 1.58. The lowest BCUT2D eigenvalue weighted by Gasteiger charge is -2.24. The summed E-state index contributed by atoms with van der Waals surface area (Å²) < 4.78 is 5.11. The number of carboxylic acid groups (broad SMARTS) is 1. The monoisotopic (exact) mass is 366 g/mol. The fourth-order valence-electron chi connectivity index (χ4n) is 2.33. The van der Waals surface area contributed by atoms with Crippen molar-refractivity contribution >= 4 is 29.5 Å². The maximum absolute atomic E-state index is 12.8. The van der Waals surface area contributed by atoms with Crippen LogP contribution in [-0.4, -0.2) is 58.1 Å². The molecule has 25 heavy (non-hydrogen) atoms. The Balaban J connectivity index is 2.09. The molecule has 0 radical (unpaired) electrons. The van der Waals surface area contributed by atoms with Gasteiger partial charge < -0.3 is 20.1 Å². The summed E-state index contributed by atoms with van der Waals surface area (Å²) in [6.45, 7) is 3.44. The average molecular weight is 366 g/mol. The largest absolute Gasteiger partial charge is 0.482 e. The molecule has 1 heterocycles. The van der Waals surface area contributed by atoms with Crippen molar-refractivity contribution in [1.82, 2.24) is 10.2 Å². The second-order valence-corrected chi connectivity index (χ2v) is 6.82. The van der Waals surface area contributed by atoms with Gasteiger partial charge in [0.25, 0.3) is 5.91 Å². The van der Waals surface area contributed by atoms with Gasteiger partial charge in [-0.15, -0.1) is 11.8 Å². The first-order valence-corrected chi connectivity index (χ1v) is 9.21. The number of thioether (sulfide) groups is 1. The predicted molar refractivity (Wildman–Crippen MR) is 94.8 cm³/mol. The van der Waals surface area contributed by atoms with Gasteiger partial charge in [-0.25, -0.2) is 4.79 Å². The molecule has 8 heteroatoms. The van der Waals surface area contributed by atoms with Crippen LogP contribution in [0.2, 0.25) is 0 Å². The van der Waals surface area contributed by atoms with Gasteiger partial charge in [-0.2, -0.15) is 0 Å². The van der Waals surface area contributed by atoms with Crippen LogP contribution in [0, 0.1) is 0 Å². The highest BCUT2D eigenvalue weighted by atomic mass is 32.2. The number of benzene rings is 1. The summed E-state index contributed by atoms with van der Waals surface area (Å²) in [6, 6.07) is 5.89. The minimum atomic E-state index is -1.09. The number of carbonyl (C=O) groups excluding carboxylic acids is 2. The van der Waals surface area contributed by atoms with Crippen molar-refractivity contribution in [1.29, 1.82) is 0 Å². The Kier molecular flexibility index (Phi) is 6.69. The normalized spacial score (nSPS) is 17.8. The summed E-state index contributed by atoms with van der Waals surface area (Å²) in [4.78, 5) is 37.3. The molecule has 0 saturated carbocycles. The molecule has 1 saturated heterocycles. The van der Waals surface area contributed by atoms with Gasteiger partial charge in [0.1, 0.15) is 11.8 Å². The van der Waals surface area contributed by atoms with Gasteiger partial charge in [0, 0.05) is 17.4 Å². The molecule has 1 aromatic rings. The van der Waals surface area contributed by atoms with Gasteiger partial charge in [-0.3, -0.25) is 9.59 Å².